The monoisotopic (exact) mass is 396 g/mol. The number of benzene rings is 1. The lowest BCUT2D eigenvalue weighted by molar-refractivity contribution is 0.0682. The van der Waals surface area contributed by atoms with Crippen molar-refractivity contribution in [3.05, 3.63) is 34.3 Å². The molecule has 1 saturated heterocycles. The lowest BCUT2D eigenvalue weighted by Gasteiger charge is -2.45. The molecule has 1 aromatic rings. The van der Waals surface area contributed by atoms with Crippen molar-refractivity contribution in [2.24, 2.45) is 29.1 Å². The molecule has 3 aliphatic rings. The minimum absolute atomic E-state index is 0.0103. The minimum Gasteiger partial charge on any atom is -0.380 e. The van der Waals surface area contributed by atoms with E-state index in [1.54, 1.807) is 0 Å². The van der Waals surface area contributed by atoms with Gasteiger partial charge in [0, 0.05) is 16.4 Å². The Morgan fingerprint density at radius 1 is 1.19 bits per heavy atom. The summed E-state index contributed by atoms with van der Waals surface area (Å²) in [6.45, 7) is 11.8. The topological polar surface area (TPSA) is 9.23 Å². The van der Waals surface area contributed by atoms with E-state index < -0.39 is 23.2 Å². The fourth-order valence-electron chi connectivity index (χ4n) is 6.01. The van der Waals surface area contributed by atoms with E-state index in [-0.39, 0.29) is 5.41 Å². The first-order valence-corrected chi connectivity index (χ1v) is 10.6. The zero-order chi connectivity index (χ0) is 19.8. The van der Waals surface area contributed by atoms with Gasteiger partial charge < -0.3 is 4.74 Å². The van der Waals surface area contributed by atoms with Gasteiger partial charge in [-0.1, -0.05) is 58.4 Å². The molecule has 27 heavy (non-hydrogen) atoms. The summed E-state index contributed by atoms with van der Waals surface area (Å²) >= 11 is 6.60. The van der Waals surface area contributed by atoms with E-state index in [2.05, 4.69) is 19.9 Å². The number of rotatable bonds is 2. The quantitative estimate of drug-likeness (QED) is 0.541. The molecule has 150 valence electrons. The molecule has 1 heterocycles. The maximum Gasteiger partial charge on any atom is 0.259 e. The first kappa shape index (κ1) is 19.6. The molecule has 2 saturated carbocycles. The Kier molecular flexibility index (Phi) is 4.48. The SMILES string of the molecule is C[C@H]1CCC2(c3ccc(C4C(C(C)(C)C)C4(F)F)c(Cl)c3)COCC2[C@@H]1C. The highest BCUT2D eigenvalue weighted by Crippen LogP contribution is 2.69. The fourth-order valence-corrected chi connectivity index (χ4v) is 6.31. The summed E-state index contributed by atoms with van der Waals surface area (Å²) in [7, 11) is 0. The van der Waals surface area contributed by atoms with Crippen LogP contribution in [-0.2, 0) is 10.2 Å². The van der Waals surface area contributed by atoms with Crippen LogP contribution in [0.4, 0.5) is 8.78 Å². The first-order valence-electron chi connectivity index (χ1n) is 10.3. The van der Waals surface area contributed by atoms with Crippen molar-refractivity contribution < 1.29 is 13.5 Å². The van der Waals surface area contributed by atoms with Crippen molar-refractivity contribution >= 4 is 11.6 Å². The normalized spacial score (nSPS) is 40.7. The number of ether oxygens (including phenoxy) is 1. The number of hydrogen-bond donors (Lipinski definition) is 0. The van der Waals surface area contributed by atoms with Crippen molar-refractivity contribution in [3.8, 4) is 0 Å². The van der Waals surface area contributed by atoms with Gasteiger partial charge in [-0.3, -0.25) is 0 Å². The summed E-state index contributed by atoms with van der Waals surface area (Å²) in [6.07, 6.45) is 2.26. The highest BCUT2D eigenvalue weighted by atomic mass is 35.5. The molecule has 0 aromatic heterocycles. The van der Waals surface area contributed by atoms with Crippen LogP contribution >= 0.6 is 11.6 Å². The molecular formula is C23H31ClF2O. The van der Waals surface area contributed by atoms with Gasteiger partial charge in [-0.25, -0.2) is 8.78 Å². The Hall–Kier alpha value is -0.670. The van der Waals surface area contributed by atoms with Gasteiger partial charge in [-0.05, 0) is 53.2 Å². The minimum atomic E-state index is -2.67. The average molecular weight is 397 g/mol. The second kappa shape index (κ2) is 6.16. The van der Waals surface area contributed by atoms with Crippen molar-refractivity contribution in [1.82, 2.24) is 0 Å². The molecule has 1 aromatic carbocycles. The Morgan fingerprint density at radius 3 is 2.48 bits per heavy atom. The second-order valence-corrected chi connectivity index (χ2v) is 10.8. The van der Waals surface area contributed by atoms with Gasteiger partial charge >= 0.3 is 0 Å². The third kappa shape index (κ3) is 2.87. The van der Waals surface area contributed by atoms with E-state index in [4.69, 9.17) is 16.3 Å². The summed E-state index contributed by atoms with van der Waals surface area (Å²) in [6, 6.07) is 5.89. The van der Waals surface area contributed by atoms with Crippen molar-refractivity contribution in [3.63, 3.8) is 0 Å². The van der Waals surface area contributed by atoms with E-state index in [0.29, 0.717) is 34.9 Å². The largest absolute Gasteiger partial charge is 0.380 e. The van der Waals surface area contributed by atoms with Gasteiger partial charge in [-0.15, -0.1) is 0 Å². The molecule has 1 aliphatic heterocycles. The molecule has 3 fully saturated rings. The summed E-state index contributed by atoms with van der Waals surface area (Å²) in [5.74, 6) is -2.32. The molecule has 2 aliphatic carbocycles. The number of hydrogen-bond acceptors (Lipinski definition) is 1. The Balaban J connectivity index is 1.67. The van der Waals surface area contributed by atoms with Gasteiger partial charge in [0.2, 0.25) is 0 Å². The van der Waals surface area contributed by atoms with E-state index in [0.717, 1.165) is 13.0 Å². The lowest BCUT2D eigenvalue weighted by Crippen LogP contribution is -2.44. The van der Waals surface area contributed by atoms with E-state index in [9.17, 15) is 8.78 Å². The molecule has 4 heteroatoms. The highest BCUT2D eigenvalue weighted by molar-refractivity contribution is 6.31. The zero-order valence-electron chi connectivity index (χ0n) is 17.0. The summed E-state index contributed by atoms with van der Waals surface area (Å²) in [5, 5.41) is 0.496. The molecule has 1 nitrogen and oxygen atoms in total. The lowest BCUT2D eigenvalue weighted by atomic mass is 9.58. The first-order chi connectivity index (χ1) is 12.5. The van der Waals surface area contributed by atoms with Crippen molar-refractivity contribution in [2.75, 3.05) is 13.2 Å². The van der Waals surface area contributed by atoms with Gasteiger partial charge in [0.15, 0.2) is 0 Å². The van der Waals surface area contributed by atoms with Crippen LogP contribution in [0.1, 0.15) is 64.5 Å². The van der Waals surface area contributed by atoms with Crippen LogP contribution < -0.4 is 0 Å². The Morgan fingerprint density at radius 2 is 1.89 bits per heavy atom. The number of fused-ring (bicyclic) bond motifs is 1. The van der Waals surface area contributed by atoms with Crippen LogP contribution in [0.5, 0.6) is 0 Å². The number of halogens is 3. The van der Waals surface area contributed by atoms with Crippen LogP contribution in [0.25, 0.3) is 0 Å². The maximum atomic E-state index is 14.5. The second-order valence-electron chi connectivity index (χ2n) is 10.4. The zero-order valence-corrected chi connectivity index (χ0v) is 17.7. The van der Waals surface area contributed by atoms with E-state index in [1.165, 1.54) is 12.0 Å². The van der Waals surface area contributed by atoms with E-state index >= 15 is 0 Å². The summed E-state index contributed by atoms with van der Waals surface area (Å²) in [4.78, 5) is 0. The standard InChI is InChI=1S/C23H31ClF2O/c1-13-8-9-22(12-27-11-17(22)14(13)2)15-6-7-16(18(24)10-15)19-20(21(3,4)5)23(19,25)26/h6-7,10,13-14,17,19-20H,8-9,11-12H2,1-5H3/t13-,14+,17?,19?,20?,22?/m0/s1. The van der Waals surface area contributed by atoms with Gasteiger partial charge in [0.05, 0.1) is 19.1 Å². The predicted molar refractivity (Wildman–Crippen MR) is 106 cm³/mol. The van der Waals surface area contributed by atoms with Crippen LogP contribution in [0.15, 0.2) is 18.2 Å². The van der Waals surface area contributed by atoms with Gasteiger partial charge in [0.25, 0.3) is 5.92 Å². The third-order valence-corrected chi connectivity index (χ3v) is 8.17. The number of alkyl halides is 2. The molecule has 0 bridgehead atoms. The van der Waals surface area contributed by atoms with Gasteiger partial charge in [0.1, 0.15) is 0 Å². The van der Waals surface area contributed by atoms with Crippen LogP contribution in [0.3, 0.4) is 0 Å². The third-order valence-electron chi connectivity index (χ3n) is 7.84. The molecule has 6 atom stereocenters. The molecule has 0 amide bonds. The average Bonchev–Trinajstić information content (AvgIpc) is 2.95. The fraction of sp³-hybridized carbons (Fsp3) is 0.739. The molecule has 4 unspecified atom stereocenters. The highest BCUT2D eigenvalue weighted by Gasteiger charge is 2.72. The van der Waals surface area contributed by atoms with E-state index in [1.807, 2.05) is 32.9 Å². The van der Waals surface area contributed by atoms with Crippen LogP contribution in [0.2, 0.25) is 5.02 Å². The molecule has 0 spiro atoms. The summed E-state index contributed by atoms with van der Waals surface area (Å²) < 4.78 is 34.9. The Bertz CT molecular complexity index is 740. The smallest absolute Gasteiger partial charge is 0.259 e. The van der Waals surface area contributed by atoms with Crippen LogP contribution in [-0.4, -0.2) is 19.1 Å². The molecule has 0 N–H and O–H groups in total. The van der Waals surface area contributed by atoms with Crippen molar-refractivity contribution in [2.45, 2.75) is 64.7 Å². The van der Waals surface area contributed by atoms with Gasteiger partial charge in [-0.2, -0.15) is 0 Å². The molecular weight excluding hydrogens is 366 g/mol. The molecule has 4 rings (SSSR count). The van der Waals surface area contributed by atoms with Crippen molar-refractivity contribution in [1.29, 1.82) is 0 Å². The molecule has 0 radical (unpaired) electrons. The van der Waals surface area contributed by atoms with Crippen LogP contribution in [0, 0.1) is 29.1 Å². The maximum absolute atomic E-state index is 14.5. The summed E-state index contributed by atoms with van der Waals surface area (Å²) in [5.41, 5.74) is 1.33. The predicted octanol–water partition coefficient (Wildman–Crippen LogP) is 6.69. The Labute approximate surface area is 166 Å².